The highest BCUT2D eigenvalue weighted by atomic mass is 32.1. The number of carbonyl (C=O) groups excluding carboxylic acids is 1. The highest BCUT2D eigenvalue weighted by Gasteiger charge is 2.21. The van der Waals surface area contributed by atoms with Gasteiger partial charge in [-0.05, 0) is 66.9 Å². The molecule has 0 spiro atoms. The van der Waals surface area contributed by atoms with Gasteiger partial charge in [-0.3, -0.25) is 4.79 Å². The summed E-state index contributed by atoms with van der Waals surface area (Å²) in [4.78, 5) is 13.7. The summed E-state index contributed by atoms with van der Waals surface area (Å²) in [7, 11) is 0. The molecule has 1 atom stereocenters. The van der Waals surface area contributed by atoms with Gasteiger partial charge in [0.1, 0.15) is 0 Å². The van der Waals surface area contributed by atoms with Gasteiger partial charge in [0.05, 0.1) is 6.04 Å². The normalized spacial score (nSPS) is 15.1. The van der Waals surface area contributed by atoms with Crippen LogP contribution in [0.3, 0.4) is 0 Å². The average molecular weight is 382 g/mol. The quantitative estimate of drug-likeness (QED) is 0.730. The van der Waals surface area contributed by atoms with Crippen molar-refractivity contribution in [3.8, 4) is 0 Å². The van der Waals surface area contributed by atoms with Gasteiger partial charge in [0.15, 0.2) is 5.11 Å². The summed E-state index contributed by atoms with van der Waals surface area (Å²) < 4.78 is 0. The first-order chi connectivity index (χ1) is 13.0. The maximum Gasteiger partial charge on any atom is 0.227 e. The smallest absolute Gasteiger partial charge is 0.227 e. The first-order valence-electron chi connectivity index (χ1n) is 9.49. The standard InChI is InChI=1S/C22H27N3OS/c1-15(2)21(19-8-5-4-7-16(19)3)24-22(27)23-17-10-12-18(13-11-17)25-14-6-9-20(25)26/h4-5,7-8,10-13,15,21H,6,9,14H2,1-3H3,(H2,23,24,27)/t21-/m1/s1. The lowest BCUT2D eigenvalue weighted by atomic mass is 9.93. The number of rotatable bonds is 5. The Labute approximate surface area is 167 Å². The molecule has 1 saturated heterocycles. The zero-order valence-electron chi connectivity index (χ0n) is 16.2. The van der Waals surface area contributed by atoms with Crippen LogP contribution in [0.2, 0.25) is 0 Å². The number of benzene rings is 2. The second-order valence-electron chi connectivity index (χ2n) is 7.37. The molecule has 142 valence electrons. The molecule has 4 nitrogen and oxygen atoms in total. The second kappa shape index (κ2) is 8.53. The predicted octanol–water partition coefficient (Wildman–Crippen LogP) is 4.81. The van der Waals surface area contributed by atoms with Crippen LogP contribution in [0.15, 0.2) is 48.5 Å². The molecule has 1 heterocycles. The molecule has 1 aliphatic rings. The number of amides is 1. The minimum Gasteiger partial charge on any atom is -0.355 e. The Morgan fingerprint density at radius 3 is 2.41 bits per heavy atom. The molecular formula is C22H27N3OS. The van der Waals surface area contributed by atoms with Gasteiger partial charge in [-0.15, -0.1) is 0 Å². The first kappa shape index (κ1) is 19.4. The molecule has 0 aromatic heterocycles. The van der Waals surface area contributed by atoms with Crippen LogP contribution < -0.4 is 15.5 Å². The number of hydrogen-bond acceptors (Lipinski definition) is 2. The van der Waals surface area contributed by atoms with Gasteiger partial charge in [-0.25, -0.2) is 0 Å². The lowest BCUT2D eigenvalue weighted by molar-refractivity contribution is -0.117. The van der Waals surface area contributed by atoms with Crippen LogP contribution in [0.25, 0.3) is 0 Å². The van der Waals surface area contributed by atoms with Crippen LogP contribution >= 0.6 is 12.2 Å². The fourth-order valence-corrected chi connectivity index (χ4v) is 3.74. The Kier molecular flexibility index (Phi) is 6.11. The molecule has 1 aliphatic heterocycles. The van der Waals surface area contributed by atoms with Gasteiger partial charge in [0, 0.05) is 24.3 Å². The Morgan fingerprint density at radius 1 is 1.11 bits per heavy atom. The third kappa shape index (κ3) is 4.66. The highest BCUT2D eigenvalue weighted by molar-refractivity contribution is 7.80. The molecular weight excluding hydrogens is 354 g/mol. The maximum atomic E-state index is 11.9. The third-order valence-corrected chi connectivity index (χ3v) is 5.21. The van der Waals surface area contributed by atoms with E-state index in [1.807, 2.05) is 29.2 Å². The molecule has 27 heavy (non-hydrogen) atoms. The zero-order chi connectivity index (χ0) is 19.4. The average Bonchev–Trinajstić information content (AvgIpc) is 3.07. The van der Waals surface area contributed by atoms with Gasteiger partial charge in [-0.2, -0.15) is 0 Å². The molecule has 2 N–H and O–H groups in total. The van der Waals surface area contributed by atoms with Gasteiger partial charge < -0.3 is 15.5 Å². The summed E-state index contributed by atoms with van der Waals surface area (Å²) in [6, 6.07) is 16.4. The van der Waals surface area contributed by atoms with E-state index < -0.39 is 0 Å². The Hall–Kier alpha value is -2.40. The van der Waals surface area contributed by atoms with Gasteiger partial charge >= 0.3 is 0 Å². The van der Waals surface area contributed by atoms with E-state index in [-0.39, 0.29) is 11.9 Å². The minimum atomic E-state index is 0.146. The minimum absolute atomic E-state index is 0.146. The second-order valence-corrected chi connectivity index (χ2v) is 7.78. The number of nitrogens with one attached hydrogen (secondary N) is 2. The lowest BCUT2D eigenvalue weighted by Gasteiger charge is -2.26. The van der Waals surface area contributed by atoms with Crippen molar-refractivity contribution in [1.29, 1.82) is 0 Å². The van der Waals surface area contributed by atoms with Crippen molar-refractivity contribution in [3.63, 3.8) is 0 Å². The van der Waals surface area contributed by atoms with Crippen molar-refractivity contribution < 1.29 is 4.79 Å². The largest absolute Gasteiger partial charge is 0.355 e. The van der Waals surface area contributed by atoms with Crippen molar-refractivity contribution in [3.05, 3.63) is 59.7 Å². The summed E-state index contributed by atoms with van der Waals surface area (Å²) in [6.07, 6.45) is 1.58. The van der Waals surface area contributed by atoms with E-state index in [0.29, 0.717) is 17.5 Å². The number of nitrogens with zero attached hydrogens (tertiary/aromatic N) is 1. The van der Waals surface area contributed by atoms with E-state index in [2.05, 4.69) is 55.7 Å². The SMILES string of the molecule is Cc1ccccc1[C@H](NC(=S)Nc1ccc(N2CCCC2=O)cc1)C(C)C. The van der Waals surface area contributed by atoms with Crippen LogP contribution in [0, 0.1) is 12.8 Å². The molecule has 0 saturated carbocycles. The Bertz CT molecular complexity index is 817. The topological polar surface area (TPSA) is 44.4 Å². The monoisotopic (exact) mass is 381 g/mol. The van der Waals surface area contributed by atoms with Crippen molar-refractivity contribution in [2.75, 3.05) is 16.8 Å². The number of anilines is 2. The number of thiocarbonyl (C=S) groups is 1. The van der Waals surface area contributed by atoms with Crippen LogP contribution in [0.4, 0.5) is 11.4 Å². The molecule has 0 bridgehead atoms. The molecule has 2 aromatic carbocycles. The molecule has 0 unspecified atom stereocenters. The fraction of sp³-hybridized carbons (Fsp3) is 0.364. The van der Waals surface area contributed by atoms with E-state index in [0.717, 1.165) is 24.3 Å². The van der Waals surface area contributed by atoms with Crippen LogP contribution in [-0.4, -0.2) is 17.6 Å². The van der Waals surface area contributed by atoms with Gasteiger partial charge in [0.2, 0.25) is 5.91 Å². The number of carbonyl (C=O) groups is 1. The summed E-state index contributed by atoms with van der Waals surface area (Å²) in [6.45, 7) is 7.31. The van der Waals surface area contributed by atoms with Crippen LogP contribution in [0.1, 0.15) is 43.9 Å². The first-order valence-corrected chi connectivity index (χ1v) is 9.90. The van der Waals surface area contributed by atoms with E-state index in [1.54, 1.807) is 0 Å². The van der Waals surface area contributed by atoms with Crippen molar-refractivity contribution in [2.45, 2.75) is 39.7 Å². The molecule has 1 amide bonds. The van der Waals surface area contributed by atoms with Gasteiger partial charge in [-0.1, -0.05) is 38.1 Å². The molecule has 1 fully saturated rings. The predicted molar refractivity (Wildman–Crippen MR) is 116 cm³/mol. The van der Waals surface area contributed by atoms with E-state index in [9.17, 15) is 4.79 Å². The van der Waals surface area contributed by atoms with Crippen molar-refractivity contribution in [2.24, 2.45) is 5.92 Å². The zero-order valence-corrected chi connectivity index (χ0v) is 17.0. The molecule has 3 rings (SSSR count). The summed E-state index contributed by atoms with van der Waals surface area (Å²) >= 11 is 5.55. The summed E-state index contributed by atoms with van der Waals surface area (Å²) in [5.74, 6) is 0.598. The van der Waals surface area contributed by atoms with E-state index >= 15 is 0 Å². The van der Waals surface area contributed by atoms with Crippen molar-refractivity contribution in [1.82, 2.24) is 5.32 Å². The highest BCUT2D eigenvalue weighted by Crippen LogP contribution is 2.26. The van der Waals surface area contributed by atoms with Crippen LogP contribution in [-0.2, 0) is 4.79 Å². The molecule has 2 aromatic rings. The molecule has 0 radical (unpaired) electrons. The number of hydrogen-bond donors (Lipinski definition) is 2. The fourth-order valence-electron chi connectivity index (χ4n) is 3.49. The van der Waals surface area contributed by atoms with Crippen molar-refractivity contribution >= 4 is 34.6 Å². The van der Waals surface area contributed by atoms with Crippen LogP contribution in [0.5, 0.6) is 0 Å². The lowest BCUT2D eigenvalue weighted by Crippen LogP contribution is -2.35. The molecule has 0 aliphatic carbocycles. The maximum absolute atomic E-state index is 11.9. The van der Waals surface area contributed by atoms with Gasteiger partial charge in [0.25, 0.3) is 0 Å². The third-order valence-electron chi connectivity index (χ3n) is 4.99. The summed E-state index contributed by atoms with van der Waals surface area (Å²) in [5, 5.41) is 7.32. The molecule has 5 heteroatoms. The van der Waals surface area contributed by atoms with E-state index in [1.165, 1.54) is 11.1 Å². The summed E-state index contributed by atoms with van der Waals surface area (Å²) in [5.41, 5.74) is 4.38. The Morgan fingerprint density at radius 2 is 1.81 bits per heavy atom. The Balaban J connectivity index is 1.65. The van der Waals surface area contributed by atoms with E-state index in [4.69, 9.17) is 12.2 Å². The number of aryl methyl sites for hydroxylation is 1.